The van der Waals surface area contributed by atoms with Gasteiger partial charge in [0.1, 0.15) is 18.3 Å². The highest BCUT2D eigenvalue weighted by Gasteiger charge is 2.45. The van der Waals surface area contributed by atoms with Gasteiger partial charge in [-0.05, 0) is 6.92 Å². The van der Waals surface area contributed by atoms with E-state index in [1.54, 1.807) is 0 Å². The highest BCUT2D eigenvalue weighted by Crippen LogP contribution is 2.24. The maximum Gasteiger partial charge on any atom is 0.398 e. The smallest absolute Gasteiger partial charge is 0.264 e. The van der Waals surface area contributed by atoms with Gasteiger partial charge in [0.15, 0.2) is 0 Å². The number of rotatable bonds is 11. The van der Waals surface area contributed by atoms with Crippen LogP contribution in [0.5, 0.6) is 0 Å². The third-order valence-electron chi connectivity index (χ3n) is 2.08. The summed E-state index contributed by atoms with van der Waals surface area (Å²) in [6.45, 7) is -2.69. The molecule has 0 spiro atoms. The van der Waals surface area contributed by atoms with E-state index in [2.05, 4.69) is 16.7 Å². The summed E-state index contributed by atoms with van der Waals surface area (Å²) in [7, 11) is -21.5. The maximum absolute atomic E-state index is 10.8. The third-order valence-corrected chi connectivity index (χ3v) is 3.99. The Labute approximate surface area is 142 Å². The van der Waals surface area contributed by atoms with Crippen molar-refractivity contribution < 1.29 is 68.6 Å². The zero-order chi connectivity index (χ0) is 20.3. The van der Waals surface area contributed by atoms with Gasteiger partial charge in [-0.3, -0.25) is 18.2 Å². The SMILES string of the molecule is CC(COS(=O)(=O)O)(OS(=O)(=O)O)C(COS(=O)(=O)O)OS(=O)(=O)O. The molecule has 20 heteroatoms. The van der Waals surface area contributed by atoms with Crippen molar-refractivity contribution in [3.8, 4) is 0 Å². The Balaban J connectivity index is 5.92. The molecule has 0 bridgehead atoms. The van der Waals surface area contributed by atoms with Crippen molar-refractivity contribution in [1.29, 1.82) is 0 Å². The second-order valence-electron chi connectivity index (χ2n) is 4.24. The first-order valence-corrected chi connectivity index (χ1v) is 10.8. The quantitative estimate of drug-likeness (QED) is 0.232. The molecule has 0 aromatic heterocycles. The monoisotopic (exact) mass is 456 g/mol. The Morgan fingerprint density at radius 3 is 1.52 bits per heavy atom. The summed E-state index contributed by atoms with van der Waals surface area (Å²) in [6.07, 6.45) is -2.55. The van der Waals surface area contributed by atoms with Gasteiger partial charge >= 0.3 is 41.6 Å². The van der Waals surface area contributed by atoms with Crippen molar-refractivity contribution in [2.45, 2.75) is 18.6 Å². The molecule has 0 saturated heterocycles. The van der Waals surface area contributed by atoms with Gasteiger partial charge in [-0.1, -0.05) is 0 Å². The van der Waals surface area contributed by atoms with Crippen LogP contribution in [0.3, 0.4) is 0 Å². The normalized spacial score (nSPS) is 17.8. The minimum absolute atomic E-state index is 0.495. The molecule has 25 heavy (non-hydrogen) atoms. The van der Waals surface area contributed by atoms with Crippen LogP contribution in [0.1, 0.15) is 6.92 Å². The lowest BCUT2D eigenvalue weighted by Crippen LogP contribution is -2.52. The van der Waals surface area contributed by atoms with E-state index < -0.39 is 66.5 Å². The average Bonchev–Trinajstić information content (AvgIpc) is 2.26. The largest absolute Gasteiger partial charge is 0.398 e. The van der Waals surface area contributed by atoms with Gasteiger partial charge in [-0.2, -0.15) is 33.7 Å². The molecule has 2 atom stereocenters. The summed E-state index contributed by atoms with van der Waals surface area (Å²) < 4.78 is 135. The Bertz CT molecular complexity index is 863. The highest BCUT2D eigenvalue weighted by atomic mass is 32.3. The van der Waals surface area contributed by atoms with E-state index in [1.165, 1.54) is 0 Å². The molecule has 0 aliphatic rings. The van der Waals surface area contributed by atoms with Crippen molar-refractivity contribution in [2.75, 3.05) is 13.2 Å². The van der Waals surface area contributed by atoms with Crippen LogP contribution in [-0.4, -0.2) is 76.8 Å². The first-order valence-electron chi connectivity index (χ1n) is 5.30. The molecular formula is C5H12O16S4. The third kappa shape index (κ3) is 12.5. The molecule has 152 valence electrons. The lowest BCUT2D eigenvalue weighted by Gasteiger charge is -2.32. The second kappa shape index (κ2) is 8.01. The van der Waals surface area contributed by atoms with Gasteiger partial charge in [-0.15, -0.1) is 0 Å². The molecule has 0 aliphatic heterocycles. The predicted octanol–water partition coefficient (Wildman–Crippen LogP) is -2.61. The number of hydrogen-bond donors (Lipinski definition) is 4. The Kier molecular flexibility index (Phi) is 7.85. The minimum Gasteiger partial charge on any atom is -0.264 e. The molecule has 0 aliphatic carbocycles. The van der Waals surface area contributed by atoms with Gasteiger partial charge in [0.05, 0.1) is 6.61 Å². The van der Waals surface area contributed by atoms with Crippen LogP contribution >= 0.6 is 0 Å². The van der Waals surface area contributed by atoms with Crippen LogP contribution in [0.25, 0.3) is 0 Å². The van der Waals surface area contributed by atoms with E-state index in [1.807, 2.05) is 0 Å². The van der Waals surface area contributed by atoms with Crippen LogP contribution in [0.4, 0.5) is 0 Å². The second-order valence-corrected chi connectivity index (χ2v) is 8.49. The van der Waals surface area contributed by atoms with Crippen LogP contribution in [0.2, 0.25) is 0 Å². The Morgan fingerprint density at radius 1 is 0.760 bits per heavy atom. The summed E-state index contributed by atoms with van der Waals surface area (Å²) in [6, 6.07) is 0. The minimum atomic E-state index is -5.48. The van der Waals surface area contributed by atoms with Crippen molar-refractivity contribution >= 4 is 41.6 Å². The van der Waals surface area contributed by atoms with Gasteiger partial charge in [0, 0.05) is 0 Å². The fourth-order valence-corrected chi connectivity index (χ4v) is 3.07. The zero-order valence-electron chi connectivity index (χ0n) is 11.8. The molecular weight excluding hydrogens is 444 g/mol. The predicted molar refractivity (Wildman–Crippen MR) is 72.5 cm³/mol. The summed E-state index contributed by atoms with van der Waals surface area (Å²) in [5.41, 5.74) is -2.93. The van der Waals surface area contributed by atoms with E-state index in [0.29, 0.717) is 6.92 Å². The van der Waals surface area contributed by atoms with Crippen LogP contribution in [-0.2, 0) is 58.3 Å². The summed E-state index contributed by atoms with van der Waals surface area (Å²) in [5.74, 6) is 0. The molecule has 0 radical (unpaired) electrons. The fraction of sp³-hybridized carbons (Fsp3) is 1.00. The Morgan fingerprint density at radius 2 is 1.20 bits per heavy atom. The van der Waals surface area contributed by atoms with E-state index >= 15 is 0 Å². The summed E-state index contributed by atoms with van der Waals surface area (Å²) in [4.78, 5) is 0. The molecule has 0 aromatic rings. The van der Waals surface area contributed by atoms with Gasteiger partial charge < -0.3 is 0 Å². The summed E-state index contributed by atoms with van der Waals surface area (Å²) in [5, 5.41) is 0. The van der Waals surface area contributed by atoms with Gasteiger partial charge in [0.25, 0.3) is 0 Å². The molecule has 0 rings (SSSR count). The first kappa shape index (κ1) is 24.5. The molecule has 2 unspecified atom stereocenters. The van der Waals surface area contributed by atoms with Crippen molar-refractivity contribution in [2.24, 2.45) is 0 Å². The van der Waals surface area contributed by atoms with E-state index in [-0.39, 0.29) is 0 Å². The molecule has 0 amide bonds. The van der Waals surface area contributed by atoms with E-state index in [9.17, 15) is 33.7 Å². The average molecular weight is 456 g/mol. The topological polar surface area (TPSA) is 254 Å². The van der Waals surface area contributed by atoms with Crippen molar-refractivity contribution in [3.05, 3.63) is 0 Å². The summed E-state index contributed by atoms with van der Waals surface area (Å²) >= 11 is 0. The molecule has 0 fully saturated rings. The number of hydrogen-bond acceptors (Lipinski definition) is 12. The van der Waals surface area contributed by atoms with Crippen molar-refractivity contribution in [1.82, 2.24) is 0 Å². The van der Waals surface area contributed by atoms with E-state index in [0.717, 1.165) is 0 Å². The maximum atomic E-state index is 10.8. The lowest BCUT2D eigenvalue weighted by molar-refractivity contribution is -0.0738. The van der Waals surface area contributed by atoms with Crippen molar-refractivity contribution in [3.63, 3.8) is 0 Å². The van der Waals surface area contributed by atoms with E-state index in [4.69, 9.17) is 18.2 Å². The standard InChI is InChI=1S/C5H12O16S4/c1-5(21-25(15,16)17,3-19-23(9,10)11)4(20-24(12,13)14)2-18-22(6,7)8/h4H,2-3H2,1H3,(H,6,7,8)(H,9,10,11)(H,12,13,14)(H,15,16,17). The lowest BCUT2D eigenvalue weighted by atomic mass is 10.0. The van der Waals surface area contributed by atoms with Gasteiger partial charge in [-0.25, -0.2) is 16.7 Å². The van der Waals surface area contributed by atoms with Crippen LogP contribution < -0.4 is 0 Å². The molecule has 0 heterocycles. The van der Waals surface area contributed by atoms with Crippen LogP contribution in [0, 0.1) is 0 Å². The zero-order valence-corrected chi connectivity index (χ0v) is 15.1. The molecule has 0 aromatic carbocycles. The first-order chi connectivity index (χ1) is 10.7. The molecule has 16 nitrogen and oxygen atoms in total. The Hall–Kier alpha value is -0.520. The fourth-order valence-electron chi connectivity index (χ4n) is 1.20. The highest BCUT2D eigenvalue weighted by molar-refractivity contribution is 7.81. The van der Waals surface area contributed by atoms with Gasteiger partial charge in [0.2, 0.25) is 0 Å². The molecule has 0 saturated carbocycles. The molecule has 4 N–H and O–H groups in total. The van der Waals surface area contributed by atoms with Crippen LogP contribution in [0.15, 0.2) is 0 Å².